The molecule has 0 saturated carbocycles. The lowest BCUT2D eigenvalue weighted by atomic mass is 10.2. The Balaban J connectivity index is 2.30. The fourth-order valence-corrected chi connectivity index (χ4v) is 1.86. The number of nitrogens with one attached hydrogen (secondary N) is 1. The summed E-state index contributed by atoms with van der Waals surface area (Å²) in [6.45, 7) is 3.02. The second kappa shape index (κ2) is 6.60. The molecule has 0 amide bonds. The third-order valence-corrected chi connectivity index (χ3v) is 2.79. The zero-order valence-electron chi connectivity index (χ0n) is 11.9. The quantitative estimate of drug-likeness (QED) is 0.639. The molecule has 8 heteroatoms. The van der Waals surface area contributed by atoms with Crippen LogP contribution in [0.15, 0.2) is 30.7 Å². The van der Waals surface area contributed by atoms with Crippen LogP contribution in [0, 0.1) is 10.1 Å². The van der Waals surface area contributed by atoms with Gasteiger partial charge < -0.3 is 10.2 Å². The Morgan fingerprint density at radius 3 is 2.86 bits per heavy atom. The highest BCUT2D eigenvalue weighted by Crippen LogP contribution is 2.26. The Kier molecular flexibility index (Phi) is 4.60. The summed E-state index contributed by atoms with van der Waals surface area (Å²) in [6.07, 6.45) is 4.62. The summed E-state index contributed by atoms with van der Waals surface area (Å²) in [5.74, 6) is 0.644. The van der Waals surface area contributed by atoms with E-state index in [0.717, 1.165) is 5.56 Å². The van der Waals surface area contributed by atoms with E-state index in [9.17, 15) is 10.1 Å². The molecule has 21 heavy (non-hydrogen) atoms. The first-order valence-corrected chi connectivity index (χ1v) is 6.47. The van der Waals surface area contributed by atoms with Crippen LogP contribution in [-0.4, -0.2) is 33.5 Å². The zero-order chi connectivity index (χ0) is 15.2. The lowest BCUT2D eigenvalue weighted by Gasteiger charge is -2.18. The predicted octanol–water partition coefficient (Wildman–Crippen LogP) is 1.85. The Hall–Kier alpha value is -2.77. The highest BCUT2D eigenvalue weighted by atomic mass is 16.6. The first-order valence-electron chi connectivity index (χ1n) is 6.47. The zero-order valence-corrected chi connectivity index (χ0v) is 11.9. The molecule has 0 aliphatic carbocycles. The third kappa shape index (κ3) is 3.62. The molecule has 0 unspecified atom stereocenters. The monoisotopic (exact) mass is 288 g/mol. The van der Waals surface area contributed by atoms with Gasteiger partial charge in [-0.25, -0.2) is 4.98 Å². The van der Waals surface area contributed by atoms with E-state index in [0.29, 0.717) is 19.0 Å². The summed E-state index contributed by atoms with van der Waals surface area (Å²) >= 11 is 0. The van der Waals surface area contributed by atoms with Gasteiger partial charge in [-0.3, -0.25) is 15.1 Å². The van der Waals surface area contributed by atoms with Gasteiger partial charge in [0.1, 0.15) is 6.20 Å². The molecule has 0 fully saturated rings. The van der Waals surface area contributed by atoms with E-state index in [1.54, 1.807) is 24.3 Å². The fraction of sp³-hybridized carbons (Fsp3) is 0.308. The maximum Gasteiger partial charge on any atom is 0.329 e. The molecule has 0 spiro atoms. The molecule has 0 aliphatic heterocycles. The number of hydrogen-bond donors (Lipinski definition) is 1. The summed E-state index contributed by atoms with van der Waals surface area (Å²) in [4.78, 5) is 24.5. The Labute approximate surface area is 122 Å². The molecule has 2 aromatic rings. The summed E-state index contributed by atoms with van der Waals surface area (Å²) in [5.41, 5.74) is 0.820. The Morgan fingerprint density at radius 1 is 1.43 bits per heavy atom. The van der Waals surface area contributed by atoms with Crippen LogP contribution in [0.25, 0.3) is 0 Å². The van der Waals surface area contributed by atoms with Crippen LogP contribution < -0.4 is 10.2 Å². The van der Waals surface area contributed by atoms with Gasteiger partial charge in [-0.05, 0) is 18.6 Å². The van der Waals surface area contributed by atoms with E-state index in [4.69, 9.17) is 0 Å². The largest absolute Gasteiger partial charge is 0.354 e. The van der Waals surface area contributed by atoms with E-state index in [2.05, 4.69) is 20.3 Å². The molecule has 0 aliphatic rings. The topological polar surface area (TPSA) is 97.1 Å². The second-order valence-electron chi connectivity index (χ2n) is 4.41. The van der Waals surface area contributed by atoms with Gasteiger partial charge in [0, 0.05) is 32.5 Å². The SMILES string of the molecule is CCNc1ncc([N+](=O)[O-])c(N(C)Cc2cccnc2)n1. The number of pyridine rings is 1. The second-order valence-corrected chi connectivity index (χ2v) is 4.41. The van der Waals surface area contributed by atoms with Crippen molar-refractivity contribution in [2.24, 2.45) is 0 Å². The van der Waals surface area contributed by atoms with Crippen molar-refractivity contribution in [3.8, 4) is 0 Å². The van der Waals surface area contributed by atoms with E-state index >= 15 is 0 Å². The van der Waals surface area contributed by atoms with E-state index in [1.807, 2.05) is 19.1 Å². The van der Waals surface area contributed by atoms with Gasteiger partial charge in [-0.1, -0.05) is 6.07 Å². The van der Waals surface area contributed by atoms with Crippen molar-refractivity contribution in [1.29, 1.82) is 0 Å². The molecule has 0 saturated heterocycles. The molecule has 2 heterocycles. The van der Waals surface area contributed by atoms with Gasteiger partial charge in [-0.15, -0.1) is 0 Å². The van der Waals surface area contributed by atoms with Crippen molar-refractivity contribution in [2.45, 2.75) is 13.5 Å². The van der Waals surface area contributed by atoms with Gasteiger partial charge in [0.25, 0.3) is 0 Å². The van der Waals surface area contributed by atoms with Crippen molar-refractivity contribution in [1.82, 2.24) is 15.0 Å². The molecule has 110 valence electrons. The Morgan fingerprint density at radius 2 is 2.24 bits per heavy atom. The van der Waals surface area contributed by atoms with Crippen LogP contribution in [-0.2, 0) is 6.54 Å². The first-order chi connectivity index (χ1) is 10.1. The molecular weight excluding hydrogens is 272 g/mol. The van der Waals surface area contributed by atoms with Gasteiger partial charge >= 0.3 is 5.69 Å². The fourth-order valence-electron chi connectivity index (χ4n) is 1.86. The molecule has 8 nitrogen and oxygen atoms in total. The lowest BCUT2D eigenvalue weighted by molar-refractivity contribution is -0.384. The normalized spacial score (nSPS) is 10.2. The minimum absolute atomic E-state index is 0.122. The van der Waals surface area contributed by atoms with Crippen LogP contribution in [0.3, 0.4) is 0 Å². The average Bonchev–Trinajstić information content (AvgIpc) is 2.48. The van der Waals surface area contributed by atoms with Crippen LogP contribution in [0.2, 0.25) is 0 Å². The summed E-state index contributed by atoms with van der Waals surface area (Å²) in [6, 6.07) is 3.73. The van der Waals surface area contributed by atoms with Gasteiger partial charge in [0.2, 0.25) is 11.8 Å². The van der Waals surface area contributed by atoms with Crippen LogP contribution in [0.4, 0.5) is 17.5 Å². The molecule has 0 aromatic carbocycles. The first kappa shape index (κ1) is 14.6. The summed E-state index contributed by atoms with van der Waals surface area (Å²) < 4.78 is 0. The maximum absolute atomic E-state index is 11.1. The average molecular weight is 288 g/mol. The van der Waals surface area contributed by atoms with Crippen molar-refractivity contribution in [3.05, 3.63) is 46.4 Å². The van der Waals surface area contributed by atoms with Gasteiger partial charge in [0.05, 0.1) is 4.92 Å². The smallest absolute Gasteiger partial charge is 0.329 e. The van der Waals surface area contributed by atoms with Crippen molar-refractivity contribution in [2.75, 3.05) is 23.8 Å². The minimum Gasteiger partial charge on any atom is -0.354 e. The van der Waals surface area contributed by atoms with Gasteiger partial charge in [-0.2, -0.15) is 4.98 Å². The number of aromatic nitrogens is 3. The predicted molar refractivity (Wildman–Crippen MR) is 79.2 cm³/mol. The van der Waals surface area contributed by atoms with Crippen LogP contribution in [0.5, 0.6) is 0 Å². The molecule has 0 atom stereocenters. The molecular formula is C13H16N6O2. The standard InChI is InChI=1S/C13H16N6O2/c1-3-15-13-16-8-11(19(20)21)12(17-13)18(2)9-10-5-4-6-14-7-10/h4-8H,3,9H2,1-2H3,(H,15,16,17). The molecule has 2 rings (SSSR count). The van der Waals surface area contributed by atoms with Crippen LogP contribution in [0.1, 0.15) is 12.5 Å². The number of nitrogens with zero attached hydrogens (tertiary/aromatic N) is 5. The number of hydrogen-bond acceptors (Lipinski definition) is 7. The maximum atomic E-state index is 11.1. The highest BCUT2D eigenvalue weighted by Gasteiger charge is 2.20. The van der Waals surface area contributed by atoms with E-state index < -0.39 is 4.92 Å². The summed E-state index contributed by atoms with van der Waals surface area (Å²) in [5, 5.41) is 14.1. The molecule has 1 N–H and O–H groups in total. The van der Waals surface area contributed by atoms with E-state index in [-0.39, 0.29) is 11.5 Å². The van der Waals surface area contributed by atoms with Gasteiger partial charge in [0.15, 0.2) is 0 Å². The third-order valence-electron chi connectivity index (χ3n) is 2.79. The summed E-state index contributed by atoms with van der Waals surface area (Å²) in [7, 11) is 1.75. The number of anilines is 2. The van der Waals surface area contributed by atoms with Crippen molar-refractivity contribution in [3.63, 3.8) is 0 Å². The van der Waals surface area contributed by atoms with Crippen molar-refractivity contribution >= 4 is 17.5 Å². The minimum atomic E-state index is -0.481. The van der Waals surface area contributed by atoms with Crippen molar-refractivity contribution < 1.29 is 4.92 Å². The highest BCUT2D eigenvalue weighted by molar-refractivity contribution is 5.58. The number of nitro groups is 1. The van der Waals surface area contributed by atoms with E-state index in [1.165, 1.54) is 6.20 Å². The molecule has 0 radical (unpaired) electrons. The lowest BCUT2D eigenvalue weighted by Crippen LogP contribution is -2.20. The molecule has 2 aromatic heterocycles. The van der Waals surface area contributed by atoms with Crippen LogP contribution >= 0.6 is 0 Å². The molecule has 0 bridgehead atoms. The Bertz CT molecular complexity index is 619. The number of rotatable bonds is 6.